The molecule has 0 atom stereocenters. The van der Waals surface area contributed by atoms with Gasteiger partial charge >= 0.3 is 6.09 Å². The average molecular weight is 436 g/mol. The molecule has 1 saturated heterocycles. The molecule has 1 fully saturated rings. The molecule has 0 bridgehead atoms. The van der Waals surface area contributed by atoms with E-state index in [9.17, 15) is 9.59 Å². The lowest BCUT2D eigenvalue weighted by molar-refractivity contribution is 0.0865. The van der Waals surface area contributed by atoms with Crippen LogP contribution < -0.4 is 10.5 Å². The minimum atomic E-state index is -1.19. The van der Waals surface area contributed by atoms with Gasteiger partial charge in [0.2, 0.25) is 5.88 Å². The van der Waals surface area contributed by atoms with Crippen molar-refractivity contribution < 1.29 is 24.2 Å². The van der Waals surface area contributed by atoms with Gasteiger partial charge in [-0.25, -0.2) is 14.8 Å². The van der Waals surface area contributed by atoms with Crippen LogP contribution in [0.3, 0.4) is 0 Å². The van der Waals surface area contributed by atoms with Crippen LogP contribution in [0.15, 0.2) is 12.4 Å². The molecular weight excluding hydrogens is 406 g/mol. The van der Waals surface area contributed by atoms with Crippen LogP contribution in [0.1, 0.15) is 23.2 Å². The summed E-state index contributed by atoms with van der Waals surface area (Å²) in [5, 5.41) is 9.04. The largest absolute Gasteiger partial charge is 0.473 e. The molecule has 2 aromatic rings. The molecular formula is C19H29N5O5Si. The van der Waals surface area contributed by atoms with E-state index >= 15 is 0 Å². The van der Waals surface area contributed by atoms with Crippen molar-refractivity contribution in [2.45, 2.75) is 51.4 Å². The number of aromatic nitrogens is 3. The molecule has 2 aromatic heterocycles. The van der Waals surface area contributed by atoms with Crippen LogP contribution >= 0.6 is 0 Å². The van der Waals surface area contributed by atoms with Gasteiger partial charge in [-0.3, -0.25) is 4.79 Å². The van der Waals surface area contributed by atoms with E-state index in [4.69, 9.17) is 20.3 Å². The third-order valence-corrected chi connectivity index (χ3v) is 6.74. The number of likely N-dealkylation sites (tertiary alicyclic amines) is 1. The molecule has 0 spiro atoms. The average Bonchev–Trinajstić information content (AvgIpc) is 3.03. The Labute approximate surface area is 176 Å². The van der Waals surface area contributed by atoms with E-state index in [-0.39, 0.29) is 24.3 Å². The van der Waals surface area contributed by atoms with Gasteiger partial charge < -0.3 is 29.8 Å². The fourth-order valence-electron chi connectivity index (χ4n) is 3.25. The van der Waals surface area contributed by atoms with Crippen LogP contribution in [-0.4, -0.2) is 70.4 Å². The summed E-state index contributed by atoms with van der Waals surface area (Å²) in [6, 6.07) is 1.04. The van der Waals surface area contributed by atoms with E-state index in [1.165, 1.54) is 11.1 Å². The molecule has 0 saturated carbocycles. The van der Waals surface area contributed by atoms with Gasteiger partial charge in [0, 0.05) is 46.8 Å². The van der Waals surface area contributed by atoms with E-state index in [1.54, 1.807) is 10.8 Å². The van der Waals surface area contributed by atoms with Crippen LogP contribution in [0, 0.1) is 0 Å². The van der Waals surface area contributed by atoms with Crippen LogP contribution in [-0.2, 0) is 11.5 Å². The zero-order valence-corrected chi connectivity index (χ0v) is 18.6. The predicted octanol–water partition coefficient (Wildman–Crippen LogP) is 2.36. The van der Waals surface area contributed by atoms with Gasteiger partial charge in [0.1, 0.15) is 18.4 Å². The predicted molar refractivity (Wildman–Crippen MR) is 113 cm³/mol. The van der Waals surface area contributed by atoms with Crippen molar-refractivity contribution in [2.24, 2.45) is 5.73 Å². The maximum atomic E-state index is 11.9. The number of amides is 2. The summed E-state index contributed by atoms with van der Waals surface area (Å²) >= 11 is 0. The SMILES string of the molecule is C[Si](C)(C)CCOCn1cc(C(N)=O)c2nc(OC3CCN(C(=O)O)CC3)cnc21. The number of piperidine rings is 1. The van der Waals surface area contributed by atoms with Crippen LogP contribution in [0.4, 0.5) is 4.79 Å². The molecule has 164 valence electrons. The van der Waals surface area contributed by atoms with Gasteiger partial charge in [0.05, 0.1) is 11.8 Å². The highest BCUT2D eigenvalue weighted by Crippen LogP contribution is 2.23. The number of nitrogens with two attached hydrogens (primary N) is 1. The highest BCUT2D eigenvalue weighted by Gasteiger charge is 2.24. The van der Waals surface area contributed by atoms with Gasteiger partial charge in [-0.2, -0.15) is 0 Å². The van der Waals surface area contributed by atoms with Gasteiger partial charge in [0.25, 0.3) is 5.91 Å². The minimum Gasteiger partial charge on any atom is -0.473 e. The second-order valence-electron chi connectivity index (χ2n) is 8.69. The first-order valence-corrected chi connectivity index (χ1v) is 13.7. The van der Waals surface area contributed by atoms with Crippen LogP contribution in [0.2, 0.25) is 25.7 Å². The Bertz CT molecular complexity index is 918. The highest BCUT2D eigenvalue weighted by molar-refractivity contribution is 6.76. The molecule has 30 heavy (non-hydrogen) atoms. The molecule has 0 aromatic carbocycles. The number of carboxylic acid groups (broad SMARTS) is 1. The summed E-state index contributed by atoms with van der Waals surface area (Å²) < 4.78 is 13.4. The Morgan fingerprint density at radius 2 is 2.00 bits per heavy atom. The van der Waals surface area contributed by atoms with Crippen LogP contribution in [0.25, 0.3) is 11.2 Å². The van der Waals surface area contributed by atoms with Crippen LogP contribution in [0.5, 0.6) is 5.88 Å². The molecule has 0 aliphatic carbocycles. The Balaban J connectivity index is 1.71. The maximum absolute atomic E-state index is 11.9. The molecule has 11 heteroatoms. The topological polar surface area (TPSA) is 133 Å². The maximum Gasteiger partial charge on any atom is 0.407 e. The van der Waals surface area contributed by atoms with E-state index < -0.39 is 20.1 Å². The number of carbonyl (C=O) groups is 2. The lowest BCUT2D eigenvalue weighted by atomic mass is 10.1. The number of fused-ring (bicyclic) bond motifs is 1. The third kappa shape index (κ3) is 5.48. The molecule has 3 rings (SSSR count). The lowest BCUT2D eigenvalue weighted by Crippen LogP contribution is -2.41. The standard InChI is InChI=1S/C19H29N5O5Si/c1-30(2,3)9-8-28-12-24-11-14(17(20)25)16-18(24)21-10-15(22-16)29-13-4-6-23(7-5-13)19(26)27/h10-11,13H,4-9,12H2,1-3H3,(H2,20,25)(H,26,27). The second-order valence-corrected chi connectivity index (χ2v) is 14.3. The molecule has 0 radical (unpaired) electrons. The zero-order valence-electron chi connectivity index (χ0n) is 17.6. The number of carbonyl (C=O) groups excluding carboxylic acids is 1. The van der Waals surface area contributed by atoms with Gasteiger partial charge in [-0.15, -0.1) is 0 Å². The summed E-state index contributed by atoms with van der Waals surface area (Å²) in [5.74, 6) is -0.307. The number of hydrogen-bond acceptors (Lipinski definition) is 6. The molecule has 10 nitrogen and oxygen atoms in total. The molecule has 1 aliphatic rings. The van der Waals surface area contributed by atoms with Crippen molar-refractivity contribution in [2.75, 3.05) is 19.7 Å². The first-order valence-electron chi connectivity index (χ1n) is 10.0. The summed E-state index contributed by atoms with van der Waals surface area (Å²) in [7, 11) is -1.19. The van der Waals surface area contributed by atoms with Crippen molar-refractivity contribution in [1.29, 1.82) is 0 Å². The number of nitrogens with zero attached hydrogens (tertiary/aromatic N) is 4. The second kappa shape index (κ2) is 9.00. The summed E-state index contributed by atoms with van der Waals surface area (Å²) in [4.78, 5) is 33.1. The summed E-state index contributed by atoms with van der Waals surface area (Å²) in [6.07, 6.45) is 3.18. The quantitative estimate of drug-likeness (QED) is 0.480. The number of rotatable bonds is 8. The number of ether oxygens (including phenoxy) is 2. The first-order chi connectivity index (χ1) is 14.1. The summed E-state index contributed by atoms with van der Waals surface area (Å²) in [6.45, 7) is 8.57. The fourth-order valence-corrected chi connectivity index (χ4v) is 4.00. The van der Waals surface area contributed by atoms with E-state index in [0.29, 0.717) is 43.7 Å². The Morgan fingerprint density at radius 1 is 1.30 bits per heavy atom. The van der Waals surface area contributed by atoms with Crippen molar-refractivity contribution >= 4 is 31.2 Å². The van der Waals surface area contributed by atoms with E-state index in [0.717, 1.165) is 6.04 Å². The Morgan fingerprint density at radius 3 is 2.60 bits per heavy atom. The van der Waals surface area contributed by atoms with Gasteiger partial charge in [0.15, 0.2) is 5.65 Å². The van der Waals surface area contributed by atoms with Crippen molar-refractivity contribution in [3.8, 4) is 5.88 Å². The zero-order chi connectivity index (χ0) is 21.9. The molecule has 1 aliphatic heterocycles. The van der Waals surface area contributed by atoms with E-state index in [2.05, 4.69) is 29.6 Å². The number of primary amides is 1. The third-order valence-electron chi connectivity index (χ3n) is 5.04. The molecule has 3 heterocycles. The van der Waals surface area contributed by atoms with Crippen molar-refractivity contribution in [1.82, 2.24) is 19.4 Å². The minimum absolute atomic E-state index is 0.156. The van der Waals surface area contributed by atoms with Crippen molar-refractivity contribution in [3.05, 3.63) is 18.0 Å². The highest BCUT2D eigenvalue weighted by atomic mass is 28.3. The van der Waals surface area contributed by atoms with Crippen molar-refractivity contribution in [3.63, 3.8) is 0 Å². The Hall–Kier alpha value is -2.66. The first kappa shape index (κ1) is 22.0. The fraction of sp³-hybridized carbons (Fsp3) is 0.579. The normalized spacial score (nSPS) is 15.5. The smallest absolute Gasteiger partial charge is 0.407 e. The molecule has 3 N–H and O–H groups in total. The monoisotopic (exact) mass is 435 g/mol. The van der Waals surface area contributed by atoms with E-state index in [1.807, 2.05) is 0 Å². The molecule has 2 amide bonds. The Kier molecular flexibility index (Phi) is 6.61. The summed E-state index contributed by atoms with van der Waals surface area (Å²) in [5.41, 5.74) is 6.66. The van der Waals surface area contributed by atoms with Gasteiger partial charge in [-0.05, 0) is 6.04 Å². The van der Waals surface area contributed by atoms with Gasteiger partial charge in [-0.1, -0.05) is 19.6 Å². The number of hydrogen-bond donors (Lipinski definition) is 2. The lowest BCUT2D eigenvalue weighted by Gasteiger charge is -2.29. The molecule has 0 unspecified atom stereocenters.